The smallest absolute Gasteiger partial charge is 0.407 e. The van der Waals surface area contributed by atoms with Crippen molar-refractivity contribution in [3.63, 3.8) is 0 Å². The van der Waals surface area contributed by atoms with Crippen LogP contribution >= 0.6 is 0 Å². The van der Waals surface area contributed by atoms with E-state index in [1.807, 2.05) is 6.07 Å². The molecule has 6 heteroatoms. The monoisotopic (exact) mass is 327 g/mol. The summed E-state index contributed by atoms with van der Waals surface area (Å²) in [6.45, 7) is 5.73. The van der Waals surface area contributed by atoms with Gasteiger partial charge in [-0.3, -0.25) is 9.78 Å². The van der Waals surface area contributed by atoms with Crippen molar-refractivity contribution in [3.05, 3.63) is 59.9 Å². The fourth-order valence-corrected chi connectivity index (χ4v) is 1.94. The number of nitrogens with one attached hydrogen (secondary N) is 2. The van der Waals surface area contributed by atoms with Crippen LogP contribution in [0.5, 0.6) is 0 Å². The summed E-state index contributed by atoms with van der Waals surface area (Å²) in [5.41, 5.74) is 1.28. The van der Waals surface area contributed by atoms with Crippen LogP contribution in [-0.4, -0.2) is 22.6 Å². The number of hydrogen-bond donors (Lipinski definition) is 2. The van der Waals surface area contributed by atoms with Crippen LogP contribution in [0.1, 0.15) is 36.8 Å². The highest BCUT2D eigenvalue weighted by atomic mass is 16.6. The van der Waals surface area contributed by atoms with Gasteiger partial charge in [-0.25, -0.2) is 4.79 Å². The van der Waals surface area contributed by atoms with Gasteiger partial charge < -0.3 is 15.4 Å². The Bertz CT molecular complexity index is 709. The Morgan fingerprint density at radius 1 is 1.12 bits per heavy atom. The number of ether oxygens (including phenoxy) is 1. The predicted molar refractivity (Wildman–Crippen MR) is 91.7 cm³/mol. The summed E-state index contributed by atoms with van der Waals surface area (Å²) < 4.78 is 5.18. The summed E-state index contributed by atoms with van der Waals surface area (Å²) in [5.74, 6) is -0.284. The van der Waals surface area contributed by atoms with Gasteiger partial charge in [-0.15, -0.1) is 0 Å². The summed E-state index contributed by atoms with van der Waals surface area (Å²) in [5, 5.41) is 5.46. The first-order chi connectivity index (χ1) is 11.3. The second kappa shape index (κ2) is 7.59. The van der Waals surface area contributed by atoms with Gasteiger partial charge in [0.25, 0.3) is 5.91 Å². The molecule has 0 spiro atoms. The maximum Gasteiger partial charge on any atom is 0.407 e. The molecule has 2 N–H and O–H groups in total. The van der Waals surface area contributed by atoms with Crippen LogP contribution in [0.15, 0.2) is 48.7 Å². The first-order valence-electron chi connectivity index (χ1n) is 7.62. The molecule has 0 atom stereocenters. The van der Waals surface area contributed by atoms with Crippen molar-refractivity contribution >= 4 is 17.7 Å². The van der Waals surface area contributed by atoms with E-state index >= 15 is 0 Å². The van der Waals surface area contributed by atoms with Gasteiger partial charge in [0.2, 0.25) is 0 Å². The van der Waals surface area contributed by atoms with Crippen molar-refractivity contribution in [1.82, 2.24) is 10.3 Å². The number of carbonyl (C=O) groups is 2. The average Bonchev–Trinajstić information content (AvgIpc) is 2.52. The highest BCUT2D eigenvalue weighted by Gasteiger charge is 2.15. The molecule has 0 fully saturated rings. The molecule has 1 aromatic carbocycles. The van der Waals surface area contributed by atoms with Crippen LogP contribution < -0.4 is 10.6 Å². The molecule has 0 radical (unpaired) electrons. The Hall–Kier alpha value is -2.89. The molecule has 0 aliphatic carbocycles. The van der Waals surface area contributed by atoms with Gasteiger partial charge in [-0.2, -0.15) is 0 Å². The van der Waals surface area contributed by atoms with E-state index in [2.05, 4.69) is 15.6 Å². The van der Waals surface area contributed by atoms with Crippen LogP contribution in [0.2, 0.25) is 0 Å². The molecule has 6 nitrogen and oxygen atoms in total. The van der Waals surface area contributed by atoms with Crippen LogP contribution in [-0.2, 0) is 11.3 Å². The van der Waals surface area contributed by atoms with E-state index in [1.165, 1.54) is 0 Å². The Morgan fingerprint density at radius 2 is 1.92 bits per heavy atom. The van der Waals surface area contributed by atoms with Crippen molar-refractivity contribution in [3.8, 4) is 0 Å². The third-order valence-electron chi connectivity index (χ3n) is 2.92. The number of alkyl carbamates (subject to hydrolysis) is 1. The molecule has 126 valence electrons. The molecule has 1 heterocycles. The molecule has 0 unspecified atom stereocenters. The number of anilines is 1. The van der Waals surface area contributed by atoms with Crippen molar-refractivity contribution in [2.75, 3.05) is 5.32 Å². The molecule has 0 saturated carbocycles. The van der Waals surface area contributed by atoms with Gasteiger partial charge in [0.1, 0.15) is 11.3 Å². The maximum absolute atomic E-state index is 12.1. The van der Waals surface area contributed by atoms with E-state index in [4.69, 9.17) is 4.74 Å². The fraction of sp³-hybridized carbons (Fsp3) is 0.278. The van der Waals surface area contributed by atoms with Gasteiger partial charge in [0.15, 0.2) is 0 Å². The van der Waals surface area contributed by atoms with E-state index < -0.39 is 11.7 Å². The lowest BCUT2D eigenvalue weighted by molar-refractivity contribution is 0.0523. The van der Waals surface area contributed by atoms with Gasteiger partial charge in [-0.05, 0) is 50.6 Å². The SMILES string of the molecule is CC(C)(C)OC(=O)NCc1cccc(NC(=O)c2ccccn2)c1. The lowest BCUT2D eigenvalue weighted by Gasteiger charge is -2.19. The van der Waals surface area contributed by atoms with Crippen molar-refractivity contribution in [2.45, 2.75) is 32.9 Å². The maximum atomic E-state index is 12.1. The summed E-state index contributed by atoms with van der Waals surface area (Å²) in [4.78, 5) is 27.8. The van der Waals surface area contributed by atoms with Crippen molar-refractivity contribution in [2.24, 2.45) is 0 Å². The molecule has 0 saturated heterocycles. The Morgan fingerprint density at radius 3 is 2.58 bits per heavy atom. The Labute approximate surface area is 141 Å². The Kier molecular flexibility index (Phi) is 5.52. The topological polar surface area (TPSA) is 80.3 Å². The number of amides is 2. The normalized spacial score (nSPS) is 10.8. The van der Waals surface area contributed by atoms with E-state index in [0.29, 0.717) is 17.9 Å². The van der Waals surface area contributed by atoms with Gasteiger partial charge in [0.05, 0.1) is 0 Å². The van der Waals surface area contributed by atoms with Gasteiger partial charge in [0, 0.05) is 18.4 Å². The third-order valence-corrected chi connectivity index (χ3v) is 2.92. The number of hydrogen-bond acceptors (Lipinski definition) is 4. The minimum absolute atomic E-state index is 0.284. The number of pyridine rings is 1. The zero-order chi connectivity index (χ0) is 17.6. The first kappa shape index (κ1) is 17.5. The second-order valence-electron chi connectivity index (χ2n) is 6.22. The molecule has 2 amide bonds. The van der Waals surface area contributed by atoms with Crippen LogP contribution in [0.4, 0.5) is 10.5 Å². The summed E-state index contributed by atoms with van der Waals surface area (Å²) >= 11 is 0. The lowest BCUT2D eigenvalue weighted by Crippen LogP contribution is -2.32. The number of benzene rings is 1. The highest BCUT2D eigenvalue weighted by molar-refractivity contribution is 6.02. The molecule has 0 bridgehead atoms. The minimum atomic E-state index is -0.539. The number of carbonyl (C=O) groups excluding carboxylic acids is 2. The van der Waals surface area contributed by atoms with E-state index in [9.17, 15) is 9.59 Å². The van der Waals surface area contributed by atoms with E-state index in [1.54, 1.807) is 63.4 Å². The largest absolute Gasteiger partial charge is 0.444 e. The fourth-order valence-electron chi connectivity index (χ4n) is 1.94. The second-order valence-corrected chi connectivity index (χ2v) is 6.22. The molecule has 0 aliphatic heterocycles. The number of aromatic nitrogens is 1. The zero-order valence-electron chi connectivity index (χ0n) is 14.0. The average molecular weight is 327 g/mol. The molecular weight excluding hydrogens is 306 g/mol. The highest BCUT2D eigenvalue weighted by Crippen LogP contribution is 2.12. The summed E-state index contributed by atoms with van der Waals surface area (Å²) in [6, 6.07) is 12.4. The molecule has 24 heavy (non-hydrogen) atoms. The lowest BCUT2D eigenvalue weighted by atomic mass is 10.2. The predicted octanol–water partition coefficient (Wildman–Crippen LogP) is 3.36. The van der Waals surface area contributed by atoms with E-state index in [-0.39, 0.29) is 5.91 Å². The quantitative estimate of drug-likeness (QED) is 0.902. The molecule has 1 aromatic heterocycles. The van der Waals surface area contributed by atoms with Crippen molar-refractivity contribution < 1.29 is 14.3 Å². The molecular formula is C18H21N3O3. The van der Waals surface area contributed by atoms with Crippen molar-refractivity contribution in [1.29, 1.82) is 0 Å². The van der Waals surface area contributed by atoms with E-state index in [0.717, 1.165) is 5.56 Å². The van der Waals surface area contributed by atoms with Gasteiger partial charge in [-0.1, -0.05) is 18.2 Å². The summed E-state index contributed by atoms with van der Waals surface area (Å²) in [6.07, 6.45) is 1.08. The molecule has 0 aliphatic rings. The van der Waals surface area contributed by atoms with Crippen LogP contribution in [0.25, 0.3) is 0 Å². The molecule has 2 aromatic rings. The first-order valence-corrected chi connectivity index (χ1v) is 7.62. The Balaban J connectivity index is 1.94. The van der Waals surface area contributed by atoms with Gasteiger partial charge >= 0.3 is 6.09 Å². The number of rotatable bonds is 4. The number of nitrogens with zero attached hydrogens (tertiary/aromatic N) is 1. The molecule has 2 rings (SSSR count). The zero-order valence-corrected chi connectivity index (χ0v) is 14.0. The van der Waals surface area contributed by atoms with Crippen LogP contribution in [0, 0.1) is 0 Å². The minimum Gasteiger partial charge on any atom is -0.444 e. The summed E-state index contributed by atoms with van der Waals surface area (Å²) in [7, 11) is 0. The van der Waals surface area contributed by atoms with Crippen LogP contribution in [0.3, 0.4) is 0 Å². The standard InChI is InChI=1S/C18H21N3O3/c1-18(2,3)24-17(23)20-12-13-7-6-8-14(11-13)21-16(22)15-9-4-5-10-19-15/h4-11H,12H2,1-3H3,(H,20,23)(H,21,22). The third kappa shape index (κ3) is 5.72.